The summed E-state index contributed by atoms with van der Waals surface area (Å²) in [6, 6.07) is 0. The van der Waals surface area contributed by atoms with Crippen LogP contribution in [0.25, 0.3) is 0 Å². The molecule has 0 bridgehead atoms. The Morgan fingerprint density at radius 1 is 1.78 bits per heavy atom. The Bertz CT molecular complexity index is 173. The molecule has 0 N–H and O–H groups in total. The zero-order valence-corrected chi connectivity index (χ0v) is 7.15. The molecule has 1 atom stereocenters. The van der Waals surface area contributed by atoms with E-state index in [0.717, 1.165) is 16.2 Å². The van der Waals surface area contributed by atoms with Gasteiger partial charge in [-0.25, -0.2) is 4.42 Å². The molecule has 1 unspecified atom stereocenters. The molecule has 6 heteroatoms. The molecular weight excluding hydrogens is 201 g/mol. The first-order valence-corrected chi connectivity index (χ1v) is 4.03. The van der Waals surface area contributed by atoms with Gasteiger partial charge in [0.2, 0.25) is 0 Å². The van der Waals surface area contributed by atoms with Crippen molar-refractivity contribution in [2.45, 2.75) is 4.71 Å². The maximum Gasteiger partial charge on any atom is 0.271 e. The second-order valence-electron chi connectivity index (χ2n) is 1.32. The predicted octanol–water partition coefficient (Wildman–Crippen LogP) is 1.57. The van der Waals surface area contributed by atoms with E-state index in [-0.39, 0.29) is 5.91 Å². The predicted molar refractivity (Wildman–Crippen MR) is 42.5 cm³/mol. The second kappa shape index (κ2) is 2.62. The Morgan fingerprint density at radius 2 is 2.33 bits per heavy atom. The summed E-state index contributed by atoms with van der Waals surface area (Å²) < 4.78 is 0.550. The van der Waals surface area contributed by atoms with Crippen LogP contribution < -0.4 is 0 Å². The molecule has 1 saturated heterocycles. The van der Waals surface area contributed by atoms with E-state index in [0.29, 0.717) is 4.32 Å². The maximum absolute atomic E-state index is 10.7. The highest BCUT2D eigenvalue weighted by Crippen LogP contribution is 2.30. The molecule has 0 aromatic rings. The molecule has 0 aliphatic carbocycles. The van der Waals surface area contributed by atoms with Crippen LogP contribution in [-0.2, 0) is 4.79 Å². The molecule has 50 valence electrons. The molecule has 1 fully saturated rings. The fourth-order valence-electron chi connectivity index (χ4n) is 0.364. The van der Waals surface area contributed by atoms with Gasteiger partial charge in [-0.1, -0.05) is 35.6 Å². The summed E-state index contributed by atoms with van der Waals surface area (Å²) in [5, 5.41) is 0. The van der Waals surface area contributed by atoms with E-state index in [1.165, 1.54) is 0 Å². The van der Waals surface area contributed by atoms with E-state index in [1.54, 1.807) is 0 Å². The van der Waals surface area contributed by atoms with Crippen LogP contribution in [-0.4, -0.2) is 19.4 Å². The number of hydrogen-bond acceptors (Lipinski definition) is 3. The summed E-state index contributed by atoms with van der Waals surface area (Å²) in [7, 11) is 0. The molecule has 0 radical (unpaired) electrons. The van der Waals surface area contributed by atoms with E-state index in [1.807, 2.05) is 0 Å². The van der Waals surface area contributed by atoms with E-state index < -0.39 is 4.71 Å². The van der Waals surface area contributed by atoms with Gasteiger partial charge in [-0.3, -0.25) is 4.79 Å². The van der Waals surface area contributed by atoms with Gasteiger partial charge < -0.3 is 0 Å². The number of hydrogen-bond donors (Lipinski definition) is 0. The maximum atomic E-state index is 10.7. The van der Waals surface area contributed by atoms with Crippen molar-refractivity contribution in [2.75, 3.05) is 0 Å². The van der Waals surface area contributed by atoms with Crippen molar-refractivity contribution in [3.63, 3.8) is 0 Å². The molecule has 2 nitrogen and oxygen atoms in total. The van der Waals surface area contributed by atoms with Gasteiger partial charge in [-0.15, -0.1) is 0 Å². The highest BCUT2D eigenvalue weighted by Gasteiger charge is 2.34. The van der Waals surface area contributed by atoms with Crippen LogP contribution in [0.2, 0.25) is 0 Å². The molecule has 1 heterocycles. The molecule has 0 spiro atoms. The van der Waals surface area contributed by atoms with Crippen molar-refractivity contribution >= 4 is 57.6 Å². The molecule has 1 aliphatic rings. The van der Waals surface area contributed by atoms with Gasteiger partial charge in [-0.05, 0) is 0 Å². The van der Waals surface area contributed by atoms with Crippen molar-refractivity contribution in [3.8, 4) is 0 Å². The summed E-state index contributed by atoms with van der Waals surface area (Å²) >= 11 is 16.5. The van der Waals surface area contributed by atoms with Crippen LogP contribution in [0.15, 0.2) is 0 Å². The van der Waals surface area contributed by atoms with Crippen LogP contribution >= 0.6 is 47.4 Å². The zero-order chi connectivity index (χ0) is 7.02. The molecule has 1 amide bonds. The van der Waals surface area contributed by atoms with Crippen LogP contribution in [0.5, 0.6) is 0 Å². The summed E-state index contributed by atoms with van der Waals surface area (Å²) in [4.78, 5) is 10.7. The monoisotopic (exact) mass is 201 g/mol. The number of thiocarbonyl (C=S) groups is 1. The van der Waals surface area contributed by atoms with E-state index >= 15 is 0 Å². The minimum Gasteiger partial charge on any atom is -0.270 e. The zero-order valence-electron chi connectivity index (χ0n) is 4.01. The normalized spacial score (nSPS) is 27.8. The first kappa shape index (κ1) is 7.60. The van der Waals surface area contributed by atoms with Crippen LogP contribution in [0.3, 0.4) is 0 Å². The van der Waals surface area contributed by atoms with Crippen molar-refractivity contribution in [2.24, 2.45) is 0 Å². The van der Waals surface area contributed by atoms with Gasteiger partial charge in [0.25, 0.3) is 5.91 Å². The quantitative estimate of drug-likeness (QED) is 0.338. The standard InChI is InChI=1S/C3HCl2NOS2/c4-1-2(7)6(5)3(8)9-1/h1H. The molecule has 1 rings (SSSR count). The summed E-state index contributed by atoms with van der Waals surface area (Å²) in [6.45, 7) is 0. The fourth-order valence-corrected chi connectivity index (χ4v) is 2.14. The van der Waals surface area contributed by atoms with Gasteiger partial charge in [-0.2, -0.15) is 0 Å². The van der Waals surface area contributed by atoms with Gasteiger partial charge in [0, 0.05) is 11.8 Å². The lowest BCUT2D eigenvalue weighted by Crippen LogP contribution is -2.19. The Labute approximate surface area is 71.6 Å². The second-order valence-corrected chi connectivity index (χ2v) is 4.09. The molecule has 1 aliphatic heterocycles. The third-order valence-corrected chi connectivity index (χ3v) is 3.01. The number of carbonyl (C=O) groups excluding carboxylic acids is 1. The Hall–Kier alpha value is 0.490. The Morgan fingerprint density at radius 3 is 2.44 bits per heavy atom. The highest BCUT2D eigenvalue weighted by molar-refractivity contribution is 8.25. The topological polar surface area (TPSA) is 20.3 Å². The molecule has 0 aromatic heterocycles. The summed E-state index contributed by atoms with van der Waals surface area (Å²) in [5.41, 5.74) is 0. The lowest BCUT2D eigenvalue weighted by atomic mass is 10.7. The lowest BCUT2D eigenvalue weighted by molar-refractivity contribution is -0.121. The van der Waals surface area contributed by atoms with Gasteiger partial charge in [0.15, 0.2) is 9.03 Å². The van der Waals surface area contributed by atoms with Crippen LogP contribution in [0.1, 0.15) is 0 Å². The van der Waals surface area contributed by atoms with Crippen LogP contribution in [0.4, 0.5) is 0 Å². The average molecular weight is 202 g/mol. The molecule has 0 saturated carbocycles. The third kappa shape index (κ3) is 1.32. The molecule has 0 aromatic carbocycles. The minimum absolute atomic E-state index is 0.321. The SMILES string of the molecule is O=C1C(Cl)SC(=S)N1Cl. The fraction of sp³-hybridized carbons (Fsp3) is 0.333. The smallest absolute Gasteiger partial charge is 0.270 e. The van der Waals surface area contributed by atoms with Crippen molar-refractivity contribution in [3.05, 3.63) is 0 Å². The van der Waals surface area contributed by atoms with Crippen LogP contribution in [0, 0.1) is 0 Å². The average Bonchev–Trinajstić information content (AvgIpc) is 1.98. The number of halogens is 2. The first-order valence-electron chi connectivity index (χ1n) is 1.97. The summed E-state index contributed by atoms with van der Waals surface area (Å²) in [5.74, 6) is -0.353. The highest BCUT2D eigenvalue weighted by atomic mass is 35.5. The summed E-state index contributed by atoms with van der Waals surface area (Å²) in [6.07, 6.45) is 0. The van der Waals surface area contributed by atoms with Crippen molar-refractivity contribution < 1.29 is 4.79 Å². The van der Waals surface area contributed by atoms with Gasteiger partial charge in [0.05, 0.1) is 0 Å². The van der Waals surface area contributed by atoms with E-state index in [2.05, 4.69) is 12.2 Å². The number of amides is 1. The number of nitrogens with zero attached hydrogens (tertiary/aromatic N) is 1. The largest absolute Gasteiger partial charge is 0.271 e. The number of alkyl halides is 1. The molecule has 9 heavy (non-hydrogen) atoms. The number of thioether (sulfide) groups is 1. The third-order valence-electron chi connectivity index (χ3n) is 0.752. The van der Waals surface area contributed by atoms with E-state index in [9.17, 15) is 4.79 Å². The van der Waals surface area contributed by atoms with Gasteiger partial charge >= 0.3 is 0 Å². The number of carbonyl (C=O) groups is 1. The van der Waals surface area contributed by atoms with Gasteiger partial charge in [0.1, 0.15) is 0 Å². The Kier molecular flexibility index (Phi) is 2.21. The minimum atomic E-state index is -0.630. The Balaban J connectivity index is 2.77. The van der Waals surface area contributed by atoms with Crippen molar-refractivity contribution in [1.29, 1.82) is 0 Å². The van der Waals surface area contributed by atoms with E-state index in [4.69, 9.17) is 23.4 Å². The lowest BCUT2D eigenvalue weighted by Gasteiger charge is -1.98. The first-order chi connectivity index (χ1) is 4.13. The molecular formula is C3HCl2NOS2. The number of rotatable bonds is 0. The van der Waals surface area contributed by atoms with Crippen molar-refractivity contribution in [1.82, 2.24) is 4.42 Å².